The maximum atomic E-state index is 12.4. The summed E-state index contributed by atoms with van der Waals surface area (Å²) in [5, 5.41) is 7.53. The number of benzene rings is 1. The Balaban J connectivity index is 2.09. The van der Waals surface area contributed by atoms with Gasteiger partial charge in [-0.2, -0.15) is 0 Å². The highest BCUT2D eigenvalue weighted by Crippen LogP contribution is 2.30. The number of methoxy groups -OCH3 is 2. The first-order valence-electron chi connectivity index (χ1n) is 7.36. The van der Waals surface area contributed by atoms with E-state index in [2.05, 4.69) is 10.6 Å². The van der Waals surface area contributed by atoms with Crippen LogP contribution in [0.2, 0.25) is 0 Å². The van der Waals surface area contributed by atoms with Gasteiger partial charge in [0.2, 0.25) is 11.8 Å². The van der Waals surface area contributed by atoms with E-state index in [9.17, 15) is 9.59 Å². The molecule has 0 aliphatic heterocycles. The topological polar surface area (TPSA) is 76.7 Å². The number of anilines is 1. The summed E-state index contributed by atoms with van der Waals surface area (Å²) in [5.74, 6) is 0.753. The fraction of sp³-hybridized carbons (Fsp3) is 0.294. The average Bonchev–Trinajstić information content (AvgIpc) is 3.08. The number of carbonyl (C=O) groups excluding carboxylic acids is 2. The van der Waals surface area contributed by atoms with Crippen LogP contribution in [0.15, 0.2) is 35.7 Å². The van der Waals surface area contributed by atoms with E-state index < -0.39 is 0 Å². The smallest absolute Gasteiger partial charge is 0.226 e. The largest absolute Gasteiger partial charge is 0.497 e. The van der Waals surface area contributed by atoms with Crippen molar-refractivity contribution in [3.8, 4) is 11.5 Å². The molecule has 0 fully saturated rings. The highest BCUT2D eigenvalue weighted by molar-refractivity contribution is 7.10. The lowest BCUT2D eigenvalue weighted by Gasteiger charge is -2.17. The summed E-state index contributed by atoms with van der Waals surface area (Å²) >= 11 is 1.50. The van der Waals surface area contributed by atoms with Crippen LogP contribution < -0.4 is 20.1 Å². The first-order valence-corrected chi connectivity index (χ1v) is 8.24. The molecule has 0 saturated heterocycles. The molecule has 0 aliphatic rings. The van der Waals surface area contributed by atoms with Gasteiger partial charge in [0.25, 0.3) is 0 Å². The predicted octanol–water partition coefficient (Wildman–Crippen LogP) is 2.97. The van der Waals surface area contributed by atoms with Gasteiger partial charge in [0.1, 0.15) is 11.5 Å². The molecule has 24 heavy (non-hydrogen) atoms. The standard InChI is InChI=1S/C17H20N2O4S/c1-11(20)18-14(16-5-4-8-24-16)10-17(21)19-13-7-6-12(22-2)9-15(13)23-3/h4-9,14H,10H2,1-3H3,(H,18,20)(H,19,21). The number of nitrogens with one attached hydrogen (secondary N) is 2. The molecule has 1 aromatic carbocycles. The Morgan fingerprint density at radius 1 is 1.21 bits per heavy atom. The SMILES string of the molecule is COc1ccc(NC(=O)CC(NC(C)=O)c2cccs2)c(OC)c1. The molecule has 2 N–H and O–H groups in total. The molecule has 1 atom stereocenters. The average molecular weight is 348 g/mol. The highest BCUT2D eigenvalue weighted by atomic mass is 32.1. The zero-order valence-electron chi connectivity index (χ0n) is 13.8. The number of ether oxygens (including phenoxy) is 2. The zero-order chi connectivity index (χ0) is 17.5. The highest BCUT2D eigenvalue weighted by Gasteiger charge is 2.19. The van der Waals surface area contributed by atoms with Crippen LogP contribution in [0.5, 0.6) is 11.5 Å². The summed E-state index contributed by atoms with van der Waals surface area (Å²) in [7, 11) is 3.09. The Hall–Kier alpha value is -2.54. The van der Waals surface area contributed by atoms with Gasteiger partial charge in [-0.15, -0.1) is 11.3 Å². The summed E-state index contributed by atoms with van der Waals surface area (Å²) in [6, 6.07) is 8.58. The molecule has 128 valence electrons. The minimum absolute atomic E-state index is 0.134. The van der Waals surface area contributed by atoms with E-state index in [1.54, 1.807) is 25.3 Å². The third kappa shape index (κ3) is 4.73. The zero-order valence-corrected chi connectivity index (χ0v) is 14.6. The van der Waals surface area contributed by atoms with Gasteiger partial charge in [0.15, 0.2) is 0 Å². The van der Waals surface area contributed by atoms with E-state index >= 15 is 0 Å². The van der Waals surface area contributed by atoms with Gasteiger partial charge in [-0.1, -0.05) is 6.07 Å². The van der Waals surface area contributed by atoms with E-state index in [0.717, 1.165) is 4.88 Å². The van der Waals surface area contributed by atoms with E-state index in [0.29, 0.717) is 17.2 Å². The lowest BCUT2D eigenvalue weighted by atomic mass is 10.1. The fourth-order valence-electron chi connectivity index (χ4n) is 2.25. The number of thiophene rings is 1. The van der Waals surface area contributed by atoms with Gasteiger partial charge in [0, 0.05) is 17.9 Å². The van der Waals surface area contributed by atoms with Crippen LogP contribution in [0.3, 0.4) is 0 Å². The van der Waals surface area contributed by atoms with E-state index in [-0.39, 0.29) is 24.3 Å². The van der Waals surface area contributed by atoms with E-state index in [4.69, 9.17) is 9.47 Å². The molecule has 1 unspecified atom stereocenters. The van der Waals surface area contributed by atoms with Crippen molar-refractivity contribution in [1.29, 1.82) is 0 Å². The number of hydrogen-bond donors (Lipinski definition) is 2. The van der Waals surface area contributed by atoms with Gasteiger partial charge in [0.05, 0.1) is 32.4 Å². The van der Waals surface area contributed by atoms with Crippen molar-refractivity contribution in [3.63, 3.8) is 0 Å². The predicted molar refractivity (Wildman–Crippen MR) is 93.7 cm³/mol. The number of carbonyl (C=O) groups is 2. The molecule has 0 spiro atoms. The van der Waals surface area contributed by atoms with E-state index in [1.807, 2.05) is 17.5 Å². The lowest BCUT2D eigenvalue weighted by molar-refractivity contribution is -0.120. The quantitative estimate of drug-likeness (QED) is 0.806. The Morgan fingerprint density at radius 2 is 2.00 bits per heavy atom. The molecule has 2 aromatic rings. The minimum Gasteiger partial charge on any atom is -0.497 e. The summed E-state index contributed by atoms with van der Waals surface area (Å²) in [6.45, 7) is 1.44. The molecule has 0 bridgehead atoms. The Labute approximate surface area is 144 Å². The third-order valence-electron chi connectivity index (χ3n) is 3.34. The molecular formula is C17H20N2O4S. The first kappa shape index (κ1) is 17.8. The summed E-state index contributed by atoms with van der Waals surface area (Å²) in [4.78, 5) is 24.7. The van der Waals surface area contributed by atoms with Crippen LogP contribution in [0.1, 0.15) is 24.3 Å². The second-order valence-electron chi connectivity index (χ2n) is 5.09. The molecule has 0 radical (unpaired) electrons. The van der Waals surface area contributed by atoms with Crippen molar-refractivity contribution in [3.05, 3.63) is 40.6 Å². The van der Waals surface area contributed by atoms with Gasteiger partial charge >= 0.3 is 0 Å². The monoisotopic (exact) mass is 348 g/mol. The maximum absolute atomic E-state index is 12.4. The molecule has 0 aliphatic carbocycles. The number of hydrogen-bond acceptors (Lipinski definition) is 5. The summed E-state index contributed by atoms with van der Waals surface area (Å²) < 4.78 is 10.4. The van der Waals surface area contributed by atoms with Crippen LogP contribution in [0.4, 0.5) is 5.69 Å². The van der Waals surface area contributed by atoms with Gasteiger partial charge in [-0.25, -0.2) is 0 Å². The third-order valence-corrected chi connectivity index (χ3v) is 4.32. The Morgan fingerprint density at radius 3 is 2.58 bits per heavy atom. The van der Waals surface area contributed by atoms with Crippen molar-refractivity contribution in [2.75, 3.05) is 19.5 Å². The lowest BCUT2D eigenvalue weighted by Crippen LogP contribution is -2.29. The maximum Gasteiger partial charge on any atom is 0.226 e. The van der Waals surface area contributed by atoms with Crippen molar-refractivity contribution in [2.24, 2.45) is 0 Å². The van der Waals surface area contributed by atoms with E-state index in [1.165, 1.54) is 25.4 Å². The first-order chi connectivity index (χ1) is 11.5. The van der Waals surface area contributed by atoms with Crippen LogP contribution in [0, 0.1) is 0 Å². The molecule has 2 amide bonds. The number of amides is 2. The van der Waals surface area contributed by atoms with Crippen LogP contribution in [-0.4, -0.2) is 26.0 Å². The Kier molecular flexibility index (Phi) is 6.20. The normalized spacial score (nSPS) is 11.5. The second-order valence-corrected chi connectivity index (χ2v) is 6.07. The van der Waals surface area contributed by atoms with Crippen LogP contribution >= 0.6 is 11.3 Å². The van der Waals surface area contributed by atoms with Gasteiger partial charge < -0.3 is 20.1 Å². The summed E-state index contributed by atoms with van der Waals surface area (Å²) in [6.07, 6.45) is 0.134. The Bertz CT molecular complexity index is 701. The molecule has 6 nitrogen and oxygen atoms in total. The summed E-state index contributed by atoms with van der Waals surface area (Å²) in [5.41, 5.74) is 0.552. The van der Waals surface area contributed by atoms with Crippen molar-refractivity contribution in [2.45, 2.75) is 19.4 Å². The number of rotatable bonds is 7. The van der Waals surface area contributed by atoms with Crippen LogP contribution in [0.25, 0.3) is 0 Å². The molecule has 2 rings (SSSR count). The molecule has 1 heterocycles. The van der Waals surface area contributed by atoms with Gasteiger partial charge in [-0.3, -0.25) is 9.59 Å². The molecule has 0 saturated carbocycles. The van der Waals surface area contributed by atoms with Crippen molar-refractivity contribution >= 4 is 28.8 Å². The fourth-order valence-corrected chi connectivity index (χ4v) is 3.02. The van der Waals surface area contributed by atoms with Gasteiger partial charge in [-0.05, 0) is 23.6 Å². The van der Waals surface area contributed by atoms with Crippen LogP contribution in [-0.2, 0) is 9.59 Å². The molecule has 7 heteroatoms. The second kappa shape index (κ2) is 8.35. The molecular weight excluding hydrogens is 328 g/mol. The van der Waals surface area contributed by atoms with Crippen molar-refractivity contribution in [1.82, 2.24) is 5.32 Å². The van der Waals surface area contributed by atoms with Crippen molar-refractivity contribution < 1.29 is 19.1 Å². The minimum atomic E-state index is -0.355. The molecule has 1 aromatic heterocycles.